The summed E-state index contributed by atoms with van der Waals surface area (Å²) >= 11 is 1.07. The number of aryl methyl sites for hydroxylation is 1. The molecule has 3 saturated heterocycles. The molecule has 0 spiro atoms. The number of carbonyl (C=O) groups excluding carboxylic acids is 1. The Morgan fingerprint density at radius 3 is 2.54 bits per heavy atom. The number of anilines is 1. The second-order valence-corrected chi connectivity index (χ2v) is 14.4. The monoisotopic (exact) mass is 676 g/mol. The summed E-state index contributed by atoms with van der Waals surface area (Å²) in [5.74, 6) is 0.605. The molecule has 6 heterocycles. The molecule has 4 aromatic rings. The summed E-state index contributed by atoms with van der Waals surface area (Å²) in [6, 6.07) is 11.2. The van der Waals surface area contributed by atoms with E-state index in [-0.39, 0.29) is 16.8 Å². The van der Waals surface area contributed by atoms with E-state index in [1.165, 1.54) is 23.5 Å². The molecule has 252 valence electrons. The Labute approximate surface area is 281 Å². The number of rotatable bonds is 9. The average molecular weight is 677 g/mol. The Morgan fingerprint density at radius 1 is 1.10 bits per heavy atom. The zero-order valence-electron chi connectivity index (χ0n) is 27.0. The minimum absolute atomic E-state index is 0.00751. The third-order valence-corrected chi connectivity index (χ3v) is 11.4. The van der Waals surface area contributed by atoms with Crippen molar-refractivity contribution in [3.63, 3.8) is 0 Å². The predicted molar refractivity (Wildman–Crippen MR) is 181 cm³/mol. The lowest BCUT2D eigenvalue weighted by Gasteiger charge is -2.40. The van der Waals surface area contributed by atoms with Crippen LogP contribution in [0.25, 0.3) is 21.1 Å². The van der Waals surface area contributed by atoms with E-state index in [4.69, 9.17) is 0 Å². The van der Waals surface area contributed by atoms with Crippen molar-refractivity contribution in [2.45, 2.75) is 76.4 Å². The van der Waals surface area contributed by atoms with Crippen molar-refractivity contribution in [3.05, 3.63) is 64.9 Å². The average Bonchev–Trinajstić information content (AvgIpc) is 3.71. The number of nitrogens with one attached hydrogen (secondary N) is 1. The van der Waals surface area contributed by atoms with Crippen LogP contribution in [0.2, 0.25) is 0 Å². The summed E-state index contributed by atoms with van der Waals surface area (Å²) in [4.78, 5) is 28.5. The number of thiophene rings is 1. The van der Waals surface area contributed by atoms with Crippen LogP contribution in [0, 0.1) is 18.3 Å². The minimum atomic E-state index is -4.26. The number of halogens is 3. The molecule has 0 aliphatic carbocycles. The zero-order valence-corrected chi connectivity index (χ0v) is 27.8. The summed E-state index contributed by atoms with van der Waals surface area (Å²) in [6.45, 7) is 11.4. The molecule has 0 saturated carbocycles. The highest BCUT2D eigenvalue weighted by Gasteiger charge is 2.40. The fourth-order valence-electron chi connectivity index (χ4n) is 7.88. The number of alkyl halides is 3. The van der Waals surface area contributed by atoms with Gasteiger partial charge in [-0.25, -0.2) is 9.97 Å². The van der Waals surface area contributed by atoms with E-state index in [9.17, 15) is 23.2 Å². The highest BCUT2D eigenvalue weighted by molar-refractivity contribution is 7.18. The van der Waals surface area contributed by atoms with E-state index in [1.54, 1.807) is 6.07 Å². The Balaban J connectivity index is 0.980. The molecular formula is C35H39F3N8OS. The molecule has 7 rings (SSSR count). The summed E-state index contributed by atoms with van der Waals surface area (Å²) in [6.07, 6.45) is 1.55. The van der Waals surface area contributed by atoms with Crippen LogP contribution < -0.4 is 5.32 Å². The Hall–Kier alpha value is -3.99. The summed E-state index contributed by atoms with van der Waals surface area (Å²) in [5.41, 5.74) is 4.17. The highest BCUT2D eigenvalue weighted by Crippen LogP contribution is 2.34. The number of carbonyl (C=O) groups is 1. The summed E-state index contributed by atoms with van der Waals surface area (Å²) in [7, 11) is 0. The van der Waals surface area contributed by atoms with Crippen molar-refractivity contribution in [3.8, 4) is 6.07 Å². The molecule has 9 nitrogen and oxygen atoms in total. The Morgan fingerprint density at radius 2 is 1.85 bits per heavy atom. The Kier molecular flexibility index (Phi) is 8.91. The number of benzene rings is 1. The zero-order chi connectivity index (χ0) is 33.6. The molecule has 13 heteroatoms. The SMILES string of the molecule is C=CC(=O)N1CC2CCC(C1)N2CCn1c(C#N)cc2c(C)c(CN3CCC(Nc4ncnc5sc(CC(F)(F)F)cc45)CC3)ccc21. The van der Waals surface area contributed by atoms with Gasteiger partial charge in [0.15, 0.2) is 0 Å². The number of nitriles is 1. The lowest BCUT2D eigenvalue weighted by molar-refractivity contribution is -0.129. The van der Waals surface area contributed by atoms with Gasteiger partial charge < -0.3 is 14.8 Å². The normalized spacial score (nSPS) is 20.9. The van der Waals surface area contributed by atoms with Gasteiger partial charge in [0.25, 0.3) is 0 Å². The number of hydrogen-bond donors (Lipinski definition) is 1. The van der Waals surface area contributed by atoms with Crippen molar-refractivity contribution in [1.29, 1.82) is 5.26 Å². The first kappa shape index (κ1) is 32.6. The van der Waals surface area contributed by atoms with Crippen molar-refractivity contribution >= 4 is 44.2 Å². The highest BCUT2D eigenvalue weighted by atomic mass is 32.1. The lowest BCUT2D eigenvalue weighted by Crippen LogP contribution is -2.55. The second-order valence-electron chi connectivity index (χ2n) is 13.3. The van der Waals surface area contributed by atoms with Crippen molar-refractivity contribution in [2.24, 2.45) is 0 Å². The van der Waals surface area contributed by atoms with Crippen molar-refractivity contribution in [1.82, 2.24) is 29.2 Å². The number of nitrogens with zero attached hydrogens (tertiary/aromatic N) is 7. The topological polar surface area (TPSA) is 93.3 Å². The van der Waals surface area contributed by atoms with Crippen LogP contribution in [0.5, 0.6) is 0 Å². The first-order valence-corrected chi connectivity index (χ1v) is 17.4. The summed E-state index contributed by atoms with van der Waals surface area (Å²) < 4.78 is 41.0. The Bertz CT molecular complexity index is 1870. The second kappa shape index (κ2) is 13.1. The fourth-order valence-corrected chi connectivity index (χ4v) is 8.91. The number of piperazine rings is 1. The maximum atomic E-state index is 13.0. The van der Waals surface area contributed by atoms with Gasteiger partial charge in [-0.2, -0.15) is 18.4 Å². The summed E-state index contributed by atoms with van der Waals surface area (Å²) in [5, 5.41) is 15.3. The molecule has 3 fully saturated rings. The number of piperidine rings is 1. The molecule has 3 aliphatic heterocycles. The quantitative estimate of drug-likeness (QED) is 0.222. The molecular weight excluding hydrogens is 638 g/mol. The minimum Gasteiger partial charge on any atom is -0.367 e. The van der Waals surface area contributed by atoms with Crippen LogP contribution in [0.1, 0.15) is 47.4 Å². The van der Waals surface area contributed by atoms with Gasteiger partial charge in [-0.15, -0.1) is 11.3 Å². The van der Waals surface area contributed by atoms with Crippen LogP contribution >= 0.6 is 11.3 Å². The molecule has 48 heavy (non-hydrogen) atoms. The van der Waals surface area contributed by atoms with Gasteiger partial charge in [0.2, 0.25) is 5.91 Å². The first-order valence-electron chi connectivity index (χ1n) is 16.6. The molecule has 2 atom stereocenters. The molecule has 1 N–H and O–H groups in total. The van der Waals surface area contributed by atoms with Crippen LogP contribution in [-0.2, 0) is 24.3 Å². The van der Waals surface area contributed by atoms with Crippen LogP contribution in [0.3, 0.4) is 0 Å². The predicted octanol–water partition coefficient (Wildman–Crippen LogP) is 5.87. The molecule has 0 radical (unpaired) electrons. The van der Waals surface area contributed by atoms with Gasteiger partial charge in [-0.1, -0.05) is 12.6 Å². The van der Waals surface area contributed by atoms with Gasteiger partial charge in [-0.3, -0.25) is 14.6 Å². The number of amides is 1. The maximum Gasteiger partial charge on any atom is 0.393 e. The van der Waals surface area contributed by atoms with E-state index in [0.29, 0.717) is 33.8 Å². The van der Waals surface area contributed by atoms with E-state index < -0.39 is 12.6 Å². The van der Waals surface area contributed by atoms with Crippen molar-refractivity contribution in [2.75, 3.05) is 38.0 Å². The van der Waals surface area contributed by atoms with Gasteiger partial charge in [0, 0.05) is 79.7 Å². The smallest absolute Gasteiger partial charge is 0.367 e. The lowest BCUT2D eigenvalue weighted by atomic mass is 10.0. The molecule has 2 bridgehead atoms. The molecule has 2 unspecified atom stereocenters. The largest absolute Gasteiger partial charge is 0.393 e. The van der Waals surface area contributed by atoms with Gasteiger partial charge in [-0.05, 0) is 68.0 Å². The van der Waals surface area contributed by atoms with E-state index in [2.05, 4.69) is 61.4 Å². The van der Waals surface area contributed by atoms with Crippen LogP contribution in [0.15, 0.2) is 43.2 Å². The van der Waals surface area contributed by atoms with Gasteiger partial charge in [0.05, 0.1) is 11.8 Å². The number of likely N-dealkylation sites (tertiary alicyclic amines) is 2. The molecule has 3 aromatic heterocycles. The molecule has 3 aliphatic rings. The fraction of sp³-hybridized carbons (Fsp3) is 0.486. The van der Waals surface area contributed by atoms with Gasteiger partial charge >= 0.3 is 6.18 Å². The van der Waals surface area contributed by atoms with E-state index in [0.717, 1.165) is 93.7 Å². The first-order chi connectivity index (χ1) is 23.1. The van der Waals surface area contributed by atoms with E-state index in [1.807, 2.05) is 11.0 Å². The third-order valence-electron chi connectivity index (χ3n) is 10.4. The number of aromatic nitrogens is 3. The van der Waals surface area contributed by atoms with Crippen molar-refractivity contribution < 1.29 is 18.0 Å². The molecule has 1 amide bonds. The van der Waals surface area contributed by atoms with Crippen LogP contribution in [0.4, 0.5) is 19.0 Å². The van der Waals surface area contributed by atoms with Gasteiger partial charge in [0.1, 0.15) is 28.7 Å². The maximum absolute atomic E-state index is 13.0. The van der Waals surface area contributed by atoms with Crippen LogP contribution in [-0.4, -0.2) is 92.2 Å². The standard InChI is InChI=1S/C35H39F3N8OS/c1-3-32(47)44-19-25-5-6-26(20-44)45(25)12-13-46-27(17-39)14-29-22(2)23(4-7-31(29)46)18-43-10-8-24(9-11-43)42-33-30-15-28(16-35(36,37)38)48-34(30)41-21-40-33/h3-4,7,14-15,21,24-26H,1,5-6,8-13,16,18-20H2,2H3,(H,40,41,42). The number of hydrogen-bond acceptors (Lipinski definition) is 8. The number of fused-ring (bicyclic) bond motifs is 4. The third kappa shape index (κ3) is 6.53. The molecule has 1 aromatic carbocycles. The van der Waals surface area contributed by atoms with E-state index >= 15 is 0 Å².